The summed E-state index contributed by atoms with van der Waals surface area (Å²) < 4.78 is 17.5. The van der Waals surface area contributed by atoms with Gasteiger partial charge in [0.05, 0.1) is 6.61 Å². The third-order valence-corrected chi connectivity index (χ3v) is 9.06. The molecule has 7 rings (SSSR count). The number of fused-ring (bicyclic) bond motifs is 3. The van der Waals surface area contributed by atoms with E-state index in [9.17, 15) is 19.5 Å². The first-order chi connectivity index (χ1) is 22.5. The van der Waals surface area contributed by atoms with Gasteiger partial charge in [0.25, 0.3) is 0 Å². The molecule has 2 fully saturated rings. The van der Waals surface area contributed by atoms with Crippen LogP contribution in [-0.2, 0) is 30.4 Å². The second-order valence-electron chi connectivity index (χ2n) is 11.8. The highest BCUT2D eigenvalue weighted by Gasteiger charge is 2.49. The minimum absolute atomic E-state index is 0.0365. The molecule has 2 heterocycles. The fraction of sp³-hybridized carbons (Fsp3) is 0.270. The number of phenolic OH excluding ortho intramolecular Hbond substituents is 1. The number of amides is 2. The highest BCUT2D eigenvalue weighted by Crippen LogP contribution is 2.45. The Bertz CT molecular complexity index is 1710. The number of esters is 1. The molecular weight excluding hydrogens is 584 g/mol. The van der Waals surface area contributed by atoms with Gasteiger partial charge in [-0.15, -0.1) is 0 Å². The highest BCUT2D eigenvalue weighted by molar-refractivity contribution is 5.91. The van der Waals surface area contributed by atoms with Gasteiger partial charge in [-0.1, -0.05) is 97.1 Å². The maximum Gasteiger partial charge on any atom is 0.410 e. The maximum absolute atomic E-state index is 14.3. The Morgan fingerprint density at radius 1 is 0.761 bits per heavy atom. The van der Waals surface area contributed by atoms with E-state index in [0.29, 0.717) is 24.9 Å². The Kier molecular flexibility index (Phi) is 8.15. The quantitative estimate of drug-likeness (QED) is 0.262. The van der Waals surface area contributed by atoms with Gasteiger partial charge in [0.2, 0.25) is 5.91 Å². The molecule has 46 heavy (non-hydrogen) atoms. The largest absolute Gasteiger partial charge is 0.507 e. The molecule has 234 valence electrons. The van der Waals surface area contributed by atoms with Gasteiger partial charge in [-0.25, -0.2) is 9.59 Å². The van der Waals surface area contributed by atoms with Crippen LogP contribution in [0.15, 0.2) is 103 Å². The molecule has 3 atom stereocenters. The molecule has 2 saturated heterocycles. The smallest absolute Gasteiger partial charge is 0.410 e. The lowest BCUT2D eigenvalue weighted by atomic mass is 9.98. The SMILES string of the molecule is O=C(OCc1ccccc1)[C@@H]1COC(c2ccccc2O)N1C(=O)[C@@H]1CCCN1C(=O)OCC1c2ccccc2-c2ccccc21. The van der Waals surface area contributed by atoms with Crippen molar-refractivity contribution in [2.24, 2.45) is 0 Å². The molecule has 9 heteroatoms. The highest BCUT2D eigenvalue weighted by atomic mass is 16.6. The zero-order valence-corrected chi connectivity index (χ0v) is 25.2. The predicted molar refractivity (Wildman–Crippen MR) is 168 cm³/mol. The molecule has 0 spiro atoms. The summed E-state index contributed by atoms with van der Waals surface area (Å²) in [5.74, 6) is -1.27. The Hall–Kier alpha value is -5.15. The standard InChI is InChI=1S/C37H34N2O7/c40-33-19-9-8-17-29(33)35-39(32(23-44-35)36(42)45-21-24-11-2-1-3-12-24)34(41)31-18-10-20-38(31)37(43)46-22-30-27-15-6-4-13-25(27)26-14-5-7-16-28(26)30/h1-9,11-17,19,30-32,35,40H,10,18,20-23H2/t31-,32-,35?/m0/s1. The Labute approximate surface area is 266 Å². The minimum atomic E-state index is -1.06. The van der Waals surface area contributed by atoms with Crippen LogP contribution in [0.5, 0.6) is 5.75 Å². The van der Waals surface area contributed by atoms with Crippen molar-refractivity contribution in [2.75, 3.05) is 19.8 Å². The third-order valence-electron chi connectivity index (χ3n) is 9.06. The molecule has 0 aromatic heterocycles. The number of ether oxygens (including phenoxy) is 3. The molecule has 0 saturated carbocycles. The van der Waals surface area contributed by atoms with Gasteiger partial charge in [-0.05, 0) is 46.7 Å². The van der Waals surface area contributed by atoms with Gasteiger partial charge in [0.15, 0.2) is 12.3 Å². The number of carbonyl (C=O) groups is 3. The number of para-hydroxylation sites is 1. The zero-order valence-electron chi connectivity index (χ0n) is 25.2. The average Bonchev–Trinajstić information content (AvgIpc) is 3.83. The molecule has 1 unspecified atom stereocenters. The Morgan fingerprint density at radius 3 is 2.09 bits per heavy atom. The van der Waals surface area contributed by atoms with Crippen LogP contribution in [0.25, 0.3) is 11.1 Å². The molecule has 1 N–H and O–H groups in total. The first kappa shape index (κ1) is 29.6. The topological polar surface area (TPSA) is 106 Å². The molecule has 2 amide bonds. The number of likely N-dealkylation sites (tertiary alicyclic amines) is 1. The summed E-state index contributed by atoms with van der Waals surface area (Å²) >= 11 is 0. The average molecular weight is 619 g/mol. The van der Waals surface area contributed by atoms with E-state index in [1.54, 1.807) is 18.2 Å². The van der Waals surface area contributed by atoms with Crippen molar-refractivity contribution in [2.45, 2.75) is 43.7 Å². The van der Waals surface area contributed by atoms with Gasteiger partial charge in [0, 0.05) is 18.0 Å². The molecular formula is C37H34N2O7. The fourth-order valence-corrected chi connectivity index (χ4v) is 6.81. The summed E-state index contributed by atoms with van der Waals surface area (Å²) in [5, 5.41) is 10.6. The van der Waals surface area contributed by atoms with E-state index in [0.717, 1.165) is 27.8 Å². The Morgan fingerprint density at radius 2 is 1.39 bits per heavy atom. The number of rotatable bonds is 7. The molecule has 1 aliphatic carbocycles. The summed E-state index contributed by atoms with van der Waals surface area (Å²) in [7, 11) is 0. The number of benzene rings is 4. The number of phenols is 1. The zero-order chi connectivity index (χ0) is 31.6. The van der Waals surface area contributed by atoms with E-state index in [1.807, 2.05) is 54.6 Å². The molecule has 4 aromatic carbocycles. The lowest BCUT2D eigenvalue weighted by Crippen LogP contribution is -2.52. The van der Waals surface area contributed by atoms with E-state index in [-0.39, 0.29) is 31.5 Å². The van der Waals surface area contributed by atoms with Crippen LogP contribution in [0.4, 0.5) is 4.79 Å². The number of hydrogen-bond acceptors (Lipinski definition) is 7. The number of aromatic hydroxyl groups is 1. The van der Waals surface area contributed by atoms with Crippen molar-refractivity contribution in [3.05, 3.63) is 125 Å². The van der Waals surface area contributed by atoms with E-state index >= 15 is 0 Å². The van der Waals surface area contributed by atoms with Crippen LogP contribution in [0.1, 0.15) is 47.2 Å². The lowest BCUT2D eigenvalue weighted by Gasteiger charge is -2.33. The van der Waals surface area contributed by atoms with E-state index in [2.05, 4.69) is 24.3 Å². The van der Waals surface area contributed by atoms with Crippen LogP contribution in [0, 0.1) is 0 Å². The molecule has 9 nitrogen and oxygen atoms in total. The van der Waals surface area contributed by atoms with Crippen molar-refractivity contribution in [1.82, 2.24) is 9.80 Å². The predicted octanol–water partition coefficient (Wildman–Crippen LogP) is 5.78. The summed E-state index contributed by atoms with van der Waals surface area (Å²) in [6, 6.07) is 30.1. The van der Waals surface area contributed by atoms with E-state index in [4.69, 9.17) is 14.2 Å². The Balaban J connectivity index is 1.10. The van der Waals surface area contributed by atoms with Gasteiger partial charge < -0.3 is 19.3 Å². The van der Waals surface area contributed by atoms with Crippen molar-refractivity contribution in [3.63, 3.8) is 0 Å². The molecule has 0 bridgehead atoms. The second kappa shape index (κ2) is 12.7. The van der Waals surface area contributed by atoms with Gasteiger partial charge in [-0.3, -0.25) is 14.6 Å². The molecule has 0 radical (unpaired) electrons. The van der Waals surface area contributed by atoms with Crippen LogP contribution < -0.4 is 0 Å². The van der Waals surface area contributed by atoms with E-state index < -0.39 is 36.3 Å². The van der Waals surface area contributed by atoms with Gasteiger partial charge in [0.1, 0.15) is 25.0 Å². The third kappa shape index (κ3) is 5.47. The summed E-state index contributed by atoms with van der Waals surface area (Å²) in [6.07, 6.45) is -0.619. The molecule has 3 aliphatic rings. The molecule has 4 aromatic rings. The number of nitrogens with zero attached hydrogens (tertiary/aromatic N) is 2. The maximum atomic E-state index is 14.3. The van der Waals surface area contributed by atoms with Gasteiger partial charge >= 0.3 is 12.1 Å². The first-order valence-electron chi connectivity index (χ1n) is 15.5. The summed E-state index contributed by atoms with van der Waals surface area (Å²) in [5.41, 5.74) is 5.61. The van der Waals surface area contributed by atoms with Gasteiger partial charge in [-0.2, -0.15) is 0 Å². The number of carbonyl (C=O) groups excluding carboxylic acids is 3. The monoisotopic (exact) mass is 618 g/mol. The van der Waals surface area contributed by atoms with Crippen LogP contribution in [-0.4, -0.2) is 64.7 Å². The first-order valence-corrected chi connectivity index (χ1v) is 15.5. The lowest BCUT2D eigenvalue weighted by molar-refractivity contribution is -0.157. The van der Waals surface area contributed by atoms with Crippen molar-refractivity contribution < 1.29 is 33.7 Å². The normalized spacial score (nSPS) is 20.3. The minimum Gasteiger partial charge on any atom is -0.507 e. The number of hydrogen-bond donors (Lipinski definition) is 1. The fourth-order valence-electron chi connectivity index (χ4n) is 6.81. The van der Waals surface area contributed by atoms with Crippen LogP contribution in [0.3, 0.4) is 0 Å². The second-order valence-corrected chi connectivity index (χ2v) is 11.8. The molecule has 2 aliphatic heterocycles. The van der Waals surface area contributed by atoms with E-state index in [1.165, 1.54) is 15.9 Å². The summed E-state index contributed by atoms with van der Waals surface area (Å²) in [6.45, 7) is 0.392. The summed E-state index contributed by atoms with van der Waals surface area (Å²) in [4.78, 5) is 44.1. The van der Waals surface area contributed by atoms with Crippen LogP contribution >= 0.6 is 0 Å². The van der Waals surface area contributed by atoms with Crippen molar-refractivity contribution in [1.29, 1.82) is 0 Å². The van der Waals surface area contributed by atoms with Crippen LogP contribution in [0.2, 0.25) is 0 Å². The van der Waals surface area contributed by atoms with Crippen molar-refractivity contribution in [3.8, 4) is 16.9 Å². The van der Waals surface area contributed by atoms with Crippen molar-refractivity contribution >= 4 is 18.0 Å².